The van der Waals surface area contributed by atoms with E-state index in [1.165, 1.54) is 6.08 Å². The topological polar surface area (TPSA) is 35.5 Å². The van der Waals surface area contributed by atoms with Crippen LogP contribution in [-0.4, -0.2) is 6.29 Å². The van der Waals surface area contributed by atoms with Gasteiger partial charge in [-0.05, 0) is 17.7 Å². The first kappa shape index (κ1) is 8.01. The molecule has 1 aromatic carbocycles. The summed E-state index contributed by atoms with van der Waals surface area (Å²) in [4.78, 5) is 19.7. The molecule has 13 heavy (non-hydrogen) atoms. The molecule has 0 amide bonds. The van der Waals surface area contributed by atoms with Crippen LogP contribution in [-0.2, 0) is 16.3 Å². The molecule has 0 radical (unpaired) electrons. The van der Waals surface area contributed by atoms with Gasteiger partial charge in [-0.2, -0.15) is 4.89 Å². The van der Waals surface area contributed by atoms with E-state index in [4.69, 9.17) is 9.78 Å². The first-order chi connectivity index (χ1) is 6.40. The van der Waals surface area contributed by atoms with E-state index >= 15 is 0 Å². The Labute approximate surface area is 75.5 Å². The van der Waals surface area contributed by atoms with Gasteiger partial charge in [-0.25, -0.2) is 0 Å². The number of hydrogen-bond acceptors (Lipinski definition) is 3. The van der Waals surface area contributed by atoms with Gasteiger partial charge < -0.3 is 4.89 Å². The average Bonchev–Trinajstić information content (AvgIpc) is 2.61. The lowest BCUT2D eigenvalue weighted by Gasteiger charge is -1.95. The van der Waals surface area contributed by atoms with Crippen molar-refractivity contribution in [3.05, 3.63) is 35.4 Å². The van der Waals surface area contributed by atoms with Crippen LogP contribution >= 0.6 is 0 Å². The Morgan fingerprint density at radius 3 is 3.15 bits per heavy atom. The lowest BCUT2D eigenvalue weighted by molar-refractivity contribution is -0.194. The van der Waals surface area contributed by atoms with E-state index in [9.17, 15) is 4.79 Å². The third kappa shape index (κ3) is 1.60. The van der Waals surface area contributed by atoms with Crippen molar-refractivity contribution in [3.63, 3.8) is 0 Å². The monoisotopic (exact) mass is 176 g/mol. The summed E-state index contributed by atoms with van der Waals surface area (Å²) in [6, 6.07) is 5.67. The number of hydrogen-bond donors (Lipinski definition) is 0. The van der Waals surface area contributed by atoms with Crippen molar-refractivity contribution in [2.24, 2.45) is 0 Å². The quantitative estimate of drug-likeness (QED) is 0.391. The van der Waals surface area contributed by atoms with Crippen molar-refractivity contribution >= 4 is 12.4 Å². The zero-order valence-corrected chi connectivity index (χ0v) is 6.90. The molecule has 0 saturated heterocycles. The SMILES string of the molecule is O=C/C=C/c1ccc2c(c1)OOC2. The number of benzene rings is 1. The molecular formula is C10H8O3. The van der Waals surface area contributed by atoms with Gasteiger partial charge in [-0.3, -0.25) is 4.79 Å². The molecule has 3 heteroatoms. The predicted octanol–water partition coefficient (Wildman–Crippen LogP) is 1.72. The summed E-state index contributed by atoms with van der Waals surface area (Å²) >= 11 is 0. The molecule has 2 rings (SSSR count). The van der Waals surface area contributed by atoms with E-state index in [0.29, 0.717) is 6.61 Å². The summed E-state index contributed by atoms with van der Waals surface area (Å²) < 4.78 is 0. The number of allylic oxidation sites excluding steroid dienone is 1. The minimum absolute atomic E-state index is 0.493. The molecule has 3 nitrogen and oxygen atoms in total. The third-order valence-electron chi connectivity index (χ3n) is 1.82. The maximum Gasteiger partial charge on any atom is 0.171 e. The molecule has 0 aliphatic carbocycles. The molecule has 1 aliphatic rings. The van der Waals surface area contributed by atoms with Crippen molar-refractivity contribution in [3.8, 4) is 5.75 Å². The molecule has 66 valence electrons. The van der Waals surface area contributed by atoms with Crippen molar-refractivity contribution in [2.45, 2.75) is 6.61 Å². The minimum atomic E-state index is 0.493. The average molecular weight is 176 g/mol. The van der Waals surface area contributed by atoms with Crippen LogP contribution in [0.4, 0.5) is 0 Å². The van der Waals surface area contributed by atoms with Crippen molar-refractivity contribution in [2.75, 3.05) is 0 Å². The Morgan fingerprint density at radius 2 is 2.31 bits per heavy atom. The number of carbonyl (C=O) groups excluding carboxylic acids is 1. The van der Waals surface area contributed by atoms with E-state index in [2.05, 4.69) is 0 Å². The van der Waals surface area contributed by atoms with Crippen LogP contribution in [0, 0.1) is 0 Å². The summed E-state index contributed by atoms with van der Waals surface area (Å²) in [5.41, 5.74) is 1.96. The van der Waals surface area contributed by atoms with Gasteiger partial charge in [0.25, 0.3) is 0 Å². The molecule has 0 fully saturated rings. The van der Waals surface area contributed by atoms with E-state index in [-0.39, 0.29) is 0 Å². The van der Waals surface area contributed by atoms with Gasteiger partial charge in [0.05, 0.1) is 0 Å². The summed E-state index contributed by atoms with van der Waals surface area (Å²) in [5.74, 6) is 0.730. The maximum atomic E-state index is 10.1. The minimum Gasteiger partial charge on any atom is -0.337 e. The Morgan fingerprint density at radius 1 is 1.38 bits per heavy atom. The summed E-state index contributed by atoms with van der Waals surface area (Å²) in [7, 11) is 0. The standard InChI is InChI=1S/C10H8O3/c11-5-1-2-8-3-4-9-7-12-13-10(9)6-8/h1-6H,7H2/b2-1+. The second-order valence-electron chi connectivity index (χ2n) is 2.71. The highest BCUT2D eigenvalue weighted by Crippen LogP contribution is 2.27. The molecule has 0 bridgehead atoms. The molecule has 0 N–H and O–H groups in total. The van der Waals surface area contributed by atoms with Gasteiger partial charge in [0.2, 0.25) is 0 Å². The van der Waals surface area contributed by atoms with Gasteiger partial charge >= 0.3 is 0 Å². The zero-order valence-electron chi connectivity index (χ0n) is 6.90. The lowest BCUT2D eigenvalue weighted by atomic mass is 10.1. The van der Waals surface area contributed by atoms with Crippen LogP contribution in [0.5, 0.6) is 5.75 Å². The number of rotatable bonds is 2. The van der Waals surface area contributed by atoms with Gasteiger partial charge in [0, 0.05) is 5.56 Å². The Bertz CT molecular complexity index is 355. The van der Waals surface area contributed by atoms with Crippen LogP contribution in [0.3, 0.4) is 0 Å². The highest BCUT2D eigenvalue weighted by atomic mass is 17.2. The van der Waals surface area contributed by atoms with Gasteiger partial charge in [0.1, 0.15) is 12.9 Å². The van der Waals surface area contributed by atoms with E-state index in [1.807, 2.05) is 18.2 Å². The summed E-state index contributed by atoms with van der Waals surface area (Å²) in [5, 5.41) is 0. The molecule has 0 atom stereocenters. The first-order valence-electron chi connectivity index (χ1n) is 3.94. The highest BCUT2D eigenvalue weighted by molar-refractivity contribution is 5.74. The Hall–Kier alpha value is -1.61. The molecule has 1 heterocycles. The van der Waals surface area contributed by atoms with Crippen LogP contribution in [0.2, 0.25) is 0 Å². The summed E-state index contributed by atoms with van der Waals surface area (Å²) in [6.07, 6.45) is 3.90. The van der Waals surface area contributed by atoms with E-state index in [0.717, 1.165) is 23.2 Å². The zero-order chi connectivity index (χ0) is 9.10. The fourth-order valence-electron chi connectivity index (χ4n) is 1.18. The van der Waals surface area contributed by atoms with Crippen LogP contribution < -0.4 is 4.89 Å². The first-order valence-corrected chi connectivity index (χ1v) is 3.94. The van der Waals surface area contributed by atoms with E-state index in [1.54, 1.807) is 6.08 Å². The predicted molar refractivity (Wildman–Crippen MR) is 47.0 cm³/mol. The Balaban J connectivity index is 2.30. The normalized spacial score (nSPS) is 14.2. The fourth-order valence-corrected chi connectivity index (χ4v) is 1.18. The molecule has 0 saturated carbocycles. The molecule has 1 aromatic rings. The van der Waals surface area contributed by atoms with Crippen molar-refractivity contribution in [1.29, 1.82) is 0 Å². The van der Waals surface area contributed by atoms with Gasteiger partial charge in [-0.1, -0.05) is 18.2 Å². The number of aldehydes is 1. The van der Waals surface area contributed by atoms with E-state index < -0.39 is 0 Å². The molecule has 0 aromatic heterocycles. The maximum absolute atomic E-state index is 10.1. The molecule has 0 unspecified atom stereocenters. The van der Waals surface area contributed by atoms with Crippen LogP contribution in [0.25, 0.3) is 6.08 Å². The van der Waals surface area contributed by atoms with Gasteiger partial charge in [0.15, 0.2) is 5.75 Å². The van der Waals surface area contributed by atoms with Crippen molar-refractivity contribution < 1.29 is 14.6 Å². The number of carbonyl (C=O) groups is 1. The third-order valence-corrected chi connectivity index (χ3v) is 1.82. The molecule has 0 spiro atoms. The summed E-state index contributed by atoms with van der Waals surface area (Å²) in [6.45, 7) is 0.493. The van der Waals surface area contributed by atoms with Gasteiger partial charge in [-0.15, -0.1) is 0 Å². The number of fused-ring (bicyclic) bond motifs is 1. The second kappa shape index (κ2) is 3.41. The second-order valence-corrected chi connectivity index (χ2v) is 2.71. The van der Waals surface area contributed by atoms with Crippen LogP contribution in [0.15, 0.2) is 24.3 Å². The molecular weight excluding hydrogens is 168 g/mol. The highest BCUT2D eigenvalue weighted by Gasteiger charge is 2.12. The molecule has 1 aliphatic heterocycles. The fraction of sp³-hybridized carbons (Fsp3) is 0.100. The largest absolute Gasteiger partial charge is 0.337 e. The van der Waals surface area contributed by atoms with Crippen molar-refractivity contribution in [1.82, 2.24) is 0 Å². The Kier molecular flexibility index (Phi) is 2.10. The smallest absolute Gasteiger partial charge is 0.171 e. The van der Waals surface area contributed by atoms with Crippen LogP contribution in [0.1, 0.15) is 11.1 Å². The lowest BCUT2D eigenvalue weighted by Crippen LogP contribution is -1.81.